The highest BCUT2D eigenvalue weighted by molar-refractivity contribution is 5.23. The molecule has 0 spiro atoms. The van der Waals surface area contributed by atoms with Gasteiger partial charge in [-0.15, -0.1) is 20.2 Å². The molecule has 0 saturated heterocycles. The van der Waals surface area contributed by atoms with Crippen molar-refractivity contribution < 1.29 is 18.9 Å². The summed E-state index contributed by atoms with van der Waals surface area (Å²) in [6, 6.07) is 0.136. The summed E-state index contributed by atoms with van der Waals surface area (Å²) in [5.41, 5.74) is 0. The molecule has 0 amide bonds. The van der Waals surface area contributed by atoms with Gasteiger partial charge in [0.05, 0.1) is 28.4 Å². The third-order valence-electron chi connectivity index (χ3n) is 2.12. The van der Waals surface area contributed by atoms with Crippen LogP contribution in [0.1, 0.15) is 0 Å². The van der Waals surface area contributed by atoms with Gasteiger partial charge in [0.25, 0.3) is 11.9 Å². The topological polar surface area (TPSA) is 139 Å². The fourth-order valence-electron chi connectivity index (χ4n) is 1.20. The molecule has 0 aromatic carbocycles. The van der Waals surface area contributed by atoms with Crippen LogP contribution in [0.25, 0.3) is 0 Å². The van der Waals surface area contributed by atoms with Gasteiger partial charge in [-0.3, -0.25) is 0 Å². The van der Waals surface area contributed by atoms with Gasteiger partial charge in [0.15, 0.2) is 0 Å². The molecule has 0 N–H and O–H groups in total. The quantitative estimate of drug-likeness (QED) is 0.693. The Hall–Kier alpha value is -3.18. The lowest BCUT2D eigenvalue weighted by Gasteiger charge is -2.02. The first-order valence-electron chi connectivity index (χ1n) is 5.78. The molecule has 12 heteroatoms. The van der Waals surface area contributed by atoms with Crippen LogP contribution in [-0.2, 0) is 0 Å². The minimum absolute atomic E-state index is 0.0339. The summed E-state index contributed by atoms with van der Waals surface area (Å²) >= 11 is 0. The summed E-state index contributed by atoms with van der Waals surface area (Å²) in [5, 5.41) is 7.57. The smallest absolute Gasteiger partial charge is 0.324 e. The molecule has 0 radical (unpaired) electrons. The first-order valence-corrected chi connectivity index (χ1v) is 5.78. The van der Waals surface area contributed by atoms with E-state index in [0.29, 0.717) is 0 Å². The summed E-state index contributed by atoms with van der Waals surface area (Å²) in [4.78, 5) is 23.2. The molecule has 0 aliphatic rings. The number of rotatable bonds is 6. The second kappa shape index (κ2) is 7.01. The average Bonchev–Trinajstić information content (AvgIpc) is 2.59. The van der Waals surface area contributed by atoms with Crippen LogP contribution in [0.15, 0.2) is 10.2 Å². The first-order chi connectivity index (χ1) is 10.7. The van der Waals surface area contributed by atoms with E-state index in [2.05, 4.69) is 40.1 Å². The molecule has 2 aromatic heterocycles. The zero-order chi connectivity index (χ0) is 15.9. The first kappa shape index (κ1) is 15.2. The van der Waals surface area contributed by atoms with Crippen molar-refractivity contribution in [1.29, 1.82) is 0 Å². The number of methoxy groups -OCH3 is 4. The number of hydrogen-bond acceptors (Lipinski definition) is 12. The van der Waals surface area contributed by atoms with Gasteiger partial charge in [0.2, 0.25) is 0 Å². The lowest BCUT2D eigenvalue weighted by atomic mass is 10.9. The lowest BCUT2D eigenvalue weighted by molar-refractivity contribution is 0.339. The molecule has 12 nitrogen and oxygen atoms in total. The maximum Gasteiger partial charge on any atom is 0.324 e. The number of hydrogen-bond donors (Lipinski definition) is 0. The number of ether oxygens (including phenoxy) is 4. The molecule has 2 heterocycles. The van der Waals surface area contributed by atoms with Crippen LogP contribution >= 0.6 is 0 Å². The van der Waals surface area contributed by atoms with E-state index in [0.717, 1.165) is 0 Å². The van der Waals surface area contributed by atoms with Crippen molar-refractivity contribution in [3.05, 3.63) is 0 Å². The third-order valence-corrected chi connectivity index (χ3v) is 2.12. The molecule has 0 saturated carbocycles. The Labute approximate surface area is 124 Å². The minimum Gasteiger partial charge on any atom is -0.467 e. The van der Waals surface area contributed by atoms with Crippen molar-refractivity contribution in [3.63, 3.8) is 0 Å². The van der Waals surface area contributed by atoms with Crippen LogP contribution in [0, 0.1) is 0 Å². The van der Waals surface area contributed by atoms with Crippen molar-refractivity contribution in [2.75, 3.05) is 28.4 Å². The molecule has 0 aliphatic carbocycles. The van der Waals surface area contributed by atoms with Crippen molar-refractivity contribution in [2.24, 2.45) is 10.2 Å². The average molecular weight is 308 g/mol. The zero-order valence-corrected chi connectivity index (χ0v) is 12.2. The maximum absolute atomic E-state index is 4.90. The van der Waals surface area contributed by atoms with Gasteiger partial charge in [-0.2, -0.15) is 19.9 Å². The van der Waals surface area contributed by atoms with E-state index in [4.69, 9.17) is 18.9 Å². The van der Waals surface area contributed by atoms with Crippen LogP contribution < -0.4 is 18.9 Å². The molecule has 2 rings (SSSR count). The summed E-state index contributed by atoms with van der Waals surface area (Å²) in [6.45, 7) is 0. The van der Waals surface area contributed by atoms with E-state index >= 15 is 0 Å². The van der Waals surface area contributed by atoms with Crippen molar-refractivity contribution >= 4 is 11.9 Å². The molecular formula is C10H12N8O4. The summed E-state index contributed by atoms with van der Waals surface area (Å²) in [7, 11) is 5.60. The van der Waals surface area contributed by atoms with Gasteiger partial charge in [-0.05, 0) is 0 Å². The van der Waals surface area contributed by atoms with Crippen LogP contribution in [-0.4, -0.2) is 58.3 Å². The Morgan fingerprint density at radius 3 is 1.00 bits per heavy atom. The number of azo groups is 1. The van der Waals surface area contributed by atoms with E-state index in [9.17, 15) is 0 Å². The highest BCUT2D eigenvalue weighted by Gasteiger charge is 2.09. The standard InChI is InChI=1S/C10H12N8O4/c1-19-7-11-5(12-8(15-7)20-2)17-18-6-13-9(21-3)16-10(14-6)22-4/h1-4H3. The molecular weight excluding hydrogens is 296 g/mol. The Balaban J connectivity index is 2.31. The van der Waals surface area contributed by atoms with Crippen LogP contribution in [0.5, 0.6) is 24.0 Å². The lowest BCUT2D eigenvalue weighted by Crippen LogP contribution is -1.99. The molecule has 116 valence electrons. The Kier molecular flexibility index (Phi) is 4.85. The van der Waals surface area contributed by atoms with Gasteiger partial charge in [0.1, 0.15) is 0 Å². The molecule has 0 unspecified atom stereocenters. The highest BCUT2D eigenvalue weighted by atomic mass is 16.5. The van der Waals surface area contributed by atoms with Crippen LogP contribution in [0.4, 0.5) is 11.9 Å². The third kappa shape index (κ3) is 3.68. The Bertz CT molecular complexity index is 578. The van der Waals surface area contributed by atoms with Gasteiger partial charge >= 0.3 is 24.0 Å². The van der Waals surface area contributed by atoms with Gasteiger partial charge in [-0.25, -0.2) is 0 Å². The van der Waals surface area contributed by atoms with Gasteiger partial charge < -0.3 is 18.9 Å². The Morgan fingerprint density at radius 2 is 0.773 bits per heavy atom. The molecule has 0 fully saturated rings. The van der Waals surface area contributed by atoms with Crippen LogP contribution in [0.2, 0.25) is 0 Å². The minimum atomic E-state index is -0.0398. The number of aromatic nitrogens is 6. The Morgan fingerprint density at radius 1 is 0.500 bits per heavy atom. The normalized spacial score (nSPS) is 10.5. The highest BCUT2D eigenvalue weighted by Crippen LogP contribution is 2.18. The van der Waals surface area contributed by atoms with Crippen molar-refractivity contribution in [1.82, 2.24) is 29.9 Å². The second-order valence-electron chi connectivity index (χ2n) is 3.42. The van der Waals surface area contributed by atoms with E-state index in [1.54, 1.807) is 0 Å². The van der Waals surface area contributed by atoms with Crippen molar-refractivity contribution in [2.45, 2.75) is 0 Å². The molecule has 0 bridgehead atoms. The fourth-order valence-corrected chi connectivity index (χ4v) is 1.20. The molecule has 0 atom stereocenters. The molecule has 0 aliphatic heterocycles. The van der Waals surface area contributed by atoms with Gasteiger partial charge in [0, 0.05) is 0 Å². The second-order valence-corrected chi connectivity index (χ2v) is 3.42. The zero-order valence-electron chi connectivity index (χ0n) is 12.2. The predicted molar refractivity (Wildman–Crippen MR) is 70.0 cm³/mol. The largest absolute Gasteiger partial charge is 0.467 e. The van der Waals surface area contributed by atoms with Crippen LogP contribution in [0.3, 0.4) is 0 Å². The SMILES string of the molecule is COc1nc(N=Nc2nc(OC)nc(OC)n2)nc(OC)n1. The van der Waals surface area contributed by atoms with E-state index < -0.39 is 0 Å². The van der Waals surface area contributed by atoms with E-state index in [1.807, 2.05) is 0 Å². The molecule has 2 aromatic rings. The van der Waals surface area contributed by atoms with E-state index in [-0.39, 0.29) is 35.9 Å². The number of nitrogens with zero attached hydrogens (tertiary/aromatic N) is 8. The fraction of sp³-hybridized carbons (Fsp3) is 0.400. The van der Waals surface area contributed by atoms with Crippen molar-refractivity contribution in [3.8, 4) is 24.0 Å². The predicted octanol–water partition coefficient (Wildman–Crippen LogP) is 0.506. The summed E-state index contributed by atoms with van der Waals surface area (Å²) in [5.74, 6) is -0.0795. The van der Waals surface area contributed by atoms with Gasteiger partial charge in [-0.1, -0.05) is 0 Å². The molecule has 22 heavy (non-hydrogen) atoms. The monoisotopic (exact) mass is 308 g/mol. The summed E-state index contributed by atoms with van der Waals surface area (Å²) < 4.78 is 19.6. The van der Waals surface area contributed by atoms with E-state index in [1.165, 1.54) is 28.4 Å². The maximum atomic E-state index is 4.90. The summed E-state index contributed by atoms with van der Waals surface area (Å²) in [6.07, 6.45) is 0.